The Balaban J connectivity index is 1.67. The maximum atomic E-state index is 11.6. The Labute approximate surface area is 139 Å². The Morgan fingerprint density at radius 3 is 2.43 bits per heavy atom. The number of rotatable bonds is 3. The highest BCUT2D eigenvalue weighted by molar-refractivity contribution is 7.24. The topological polar surface area (TPSA) is 64.1 Å². The van der Waals surface area contributed by atoms with Gasteiger partial charge in [0, 0.05) is 0 Å². The summed E-state index contributed by atoms with van der Waals surface area (Å²) in [6.07, 6.45) is 0. The minimum Gasteiger partial charge on any atom is -0.465 e. The summed E-state index contributed by atoms with van der Waals surface area (Å²) >= 11 is 3.06. The summed E-state index contributed by atoms with van der Waals surface area (Å²) in [6, 6.07) is 13.3. The highest BCUT2D eigenvalue weighted by Crippen LogP contribution is 2.32. The van der Waals surface area contributed by atoms with Crippen LogP contribution >= 0.6 is 22.7 Å². The Morgan fingerprint density at radius 2 is 1.70 bits per heavy atom. The zero-order chi connectivity index (χ0) is 15.8. The highest BCUT2D eigenvalue weighted by atomic mass is 32.1. The van der Waals surface area contributed by atoms with Gasteiger partial charge in [-0.25, -0.2) is 14.8 Å². The predicted octanol–water partition coefficient (Wildman–Crippen LogP) is 4.44. The lowest BCUT2D eigenvalue weighted by Gasteiger charge is -1.97. The number of fused-ring (bicyclic) bond motifs is 2. The van der Waals surface area contributed by atoms with Crippen LogP contribution in [0.5, 0.6) is 0 Å². The number of methoxy groups -OCH3 is 1. The van der Waals surface area contributed by atoms with Crippen molar-refractivity contribution in [2.24, 2.45) is 0 Å². The zero-order valence-corrected chi connectivity index (χ0v) is 13.7. The van der Waals surface area contributed by atoms with Gasteiger partial charge in [0.1, 0.15) is 0 Å². The molecule has 4 rings (SSSR count). The maximum Gasteiger partial charge on any atom is 0.337 e. The normalized spacial score (nSPS) is 11.0. The fraction of sp³-hybridized carbons (Fsp3) is 0.0625. The first kappa shape index (κ1) is 14.1. The van der Waals surface area contributed by atoms with E-state index in [4.69, 9.17) is 4.74 Å². The summed E-state index contributed by atoms with van der Waals surface area (Å²) in [7, 11) is 1.37. The number of hydrogen-bond acceptors (Lipinski definition) is 7. The van der Waals surface area contributed by atoms with Crippen LogP contribution in [0.25, 0.3) is 20.4 Å². The number of nitrogens with zero attached hydrogens (tertiary/aromatic N) is 2. The van der Waals surface area contributed by atoms with Gasteiger partial charge in [-0.3, -0.25) is 0 Å². The van der Waals surface area contributed by atoms with E-state index in [1.807, 2.05) is 30.3 Å². The molecule has 0 unspecified atom stereocenters. The lowest BCUT2D eigenvalue weighted by atomic mass is 10.2. The number of carbonyl (C=O) groups excluding carboxylic acids is 1. The summed E-state index contributed by atoms with van der Waals surface area (Å²) < 4.78 is 6.80. The van der Waals surface area contributed by atoms with Gasteiger partial charge in [0.15, 0.2) is 10.3 Å². The standard InChI is InChI=1S/C16H11N3O2S2/c1-21-14(20)9-6-7-11-13(8-9)23-16(18-11)19-15-17-10-4-2-3-5-12(10)22-15/h2-8H,1H3,(H,17,18,19). The number of ether oxygens (including phenoxy) is 1. The van der Waals surface area contributed by atoms with Crippen molar-refractivity contribution in [2.45, 2.75) is 0 Å². The molecule has 0 saturated carbocycles. The monoisotopic (exact) mass is 341 g/mol. The van der Waals surface area contributed by atoms with E-state index in [-0.39, 0.29) is 5.97 Å². The molecule has 0 saturated heterocycles. The minimum absolute atomic E-state index is 0.346. The molecule has 0 aliphatic heterocycles. The first-order chi connectivity index (χ1) is 11.2. The van der Waals surface area contributed by atoms with Crippen LogP contribution in [-0.4, -0.2) is 23.0 Å². The van der Waals surface area contributed by atoms with Crippen LogP contribution in [0, 0.1) is 0 Å². The summed E-state index contributed by atoms with van der Waals surface area (Å²) in [4.78, 5) is 20.7. The van der Waals surface area contributed by atoms with Crippen LogP contribution in [0.2, 0.25) is 0 Å². The molecule has 0 spiro atoms. The molecule has 0 aliphatic rings. The van der Waals surface area contributed by atoms with Crippen molar-refractivity contribution in [3.8, 4) is 0 Å². The van der Waals surface area contributed by atoms with Crippen molar-refractivity contribution in [1.29, 1.82) is 0 Å². The van der Waals surface area contributed by atoms with Crippen molar-refractivity contribution < 1.29 is 9.53 Å². The van der Waals surface area contributed by atoms with Gasteiger partial charge in [-0.1, -0.05) is 34.8 Å². The third-order valence-corrected chi connectivity index (χ3v) is 5.20. The molecule has 114 valence electrons. The lowest BCUT2D eigenvalue weighted by molar-refractivity contribution is 0.0601. The molecule has 7 heteroatoms. The van der Waals surface area contributed by atoms with Gasteiger partial charge < -0.3 is 10.1 Å². The first-order valence-corrected chi connectivity index (χ1v) is 8.48. The molecule has 0 bridgehead atoms. The molecule has 2 aromatic heterocycles. The third kappa shape index (κ3) is 2.64. The van der Waals surface area contributed by atoms with Crippen LogP contribution in [-0.2, 0) is 4.74 Å². The second kappa shape index (κ2) is 5.60. The number of carbonyl (C=O) groups is 1. The number of anilines is 2. The SMILES string of the molecule is COC(=O)c1ccc2nc(Nc3nc4ccccc4s3)sc2c1. The lowest BCUT2D eigenvalue weighted by Crippen LogP contribution is -1.99. The number of benzene rings is 2. The summed E-state index contributed by atoms with van der Waals surface area (Å²) in [6.45, 7) is 0. The quantitative estimate of drug-likeness (QED) is 0.558. The van der Waals surface area contributed by atoms with Crippen molar-refractivity contribution in [3.05, 3.63) is 48.0 Å². The second-order valence-corrected chi connectivity index (χ2v) is 6.87. The van der Waals surface area contributed by atoms with Gasteiger partial charge in [0.05, 0.1) is 33.1 Å². The van der Waals surface area contributed by atoms with E-state index in [2.05, 4.69) is 15.3 Å². The van der Waals surface area contributed by atoms with Gasteiger partial charge in [0.2, 0.25) is 0 Å². The van der Waals surface area contributed by atoms with Gasteiger partial charge in [-0.2, -0.15) is 0 Å². The average molecular weight is 341 g/mol. The van der Waals surface area contributed by atoms with Crippen molar-refractivity contribution >= 4 is 59.3 Å². The van der Waals surface area contributed by atoms with Crippen LogP contribution in [0.3, 0.4) is 0 Å². The fourth-order valence-electron chi connectivity index (χ4n) is 2.24. The molecule has 2 heterocycles. The Morgan fingerprint density at radius 1 is 1.00 bits per heavy atom. The Kier molecular flexibility index (Phi) is 3.44. The first-order valence-electron chi connectivity index (χ1n) is 6.84. The molecule has 0 fully saturated rings. The third-order valence-electron chi connectivity index (χ3n) is 3.32. The summed E-state index contributed by atoms with van der Waals surface area (Å²) in [5, 5.41) is 4.80. The molecule has 5 nitrogen and oxygen atoms in total. The molecule has 4 aromatic rings. The largest absolute Gasteiger partial charge is 0.465 e. The maximum absolute atomic E-state index is 11.6. The van der Waals surface area contributed by atoms with E-state index < -0.39 is 0 Å². The molecular formula is C16H11N3O2S2. The van der Waals surface area contributed by atoms with E-state index in [1.54, 1.807) is 23.5 Å². The van der Waals surface area contributed by atoms with Crippen LogP contribution < -0.4 is 5.32 Å². The number of nitrogens with one attached hydrogen (secondary N) is 1. The molecule has 1 N–H and O–H groups in total. The molecule has 0 radical (unpaired) electrons. The molecule has 0 amide bonds. The van der Waals surface area contributed by atoms with E-state index >= 15 is 0 Å². The van der Waals surface area contributed by atoms with Gasteiger partial charge in [-0.15, -0.1) is 0 Å². The van der Waals surface area contributed by atoms with Crippen molar-refractivity contribution in [3.63, 3.8) is 0 Å². The number of thiazole rings is 2. The number of aromatic nitrogens is 2. The number of esters is 1. The fourth-order valence-corrected chi connectivity index (χ4v) is 4.07. The van der Waals surface area contributed by atoms with Crippen LogP contribution in [0.1, 0.15) is 10.4 Å². The molecule has 23 heavy (non-hydrogen) atoms. The van der Waals surface area contributed by atoms with Crippen LogP contribution in [0.4, 0.5) is 10.3 Å². The smallest absolute Gasteiger partial charge is 0.337 e. The van der Waals surface area contributed by atoms with Crippen molar-refractivity contribution in [2.75, 3.05) is 12.4 Å². The predicted molar refractivity (Wildman–Crippen MR) is 93.9 cm³/mol. The summed E-state index contributed by atoms with van der Waals surface area (Å²) in [5.41, 5.74) is 2.33. The van der Waals surface area contributed by atoms with Gasteiger partial charge in [0.25, 0.3) is 0 Å². The second-order valence-electron chi connectivity index (χ2n) is 4.80. The van der Waals surface area contributed by atoms with Crippen molar-refractivity contribution in [1.82, 2.24) is 9.97 Å². The molecule has 0 aliphatic carbocycles. The van der Waals surface area contributed by atoms with E-state index in [0.29, 0.717) is 5.56 Å². The number of hydrogen-bond donors (Lipinski definition) is 1. The Bertz CT molecular complexity index is 989. The van der Waals surface area contributed by atoms with E-state index in [1.165, 1.54) is 18.4 Å². The Hall–Kier alpha value is -2.51. The minimum atomic E-state index is -0.346. The summed E-state index contributed by atoms with van der Waals surface area (Å²) in [5.74, 6) is -0.346. The highest BCUT2D eigenvalue weighted by Gasteiger charge is 2.11. The van der Waals surface area contributed by atoms with Gasteiger partial charge >= 0.3 is 5.97 Å². The van der Waals surface area contributed by atoms with E-state index in [9.17, 15) is 4.79 Å². The molecular weight excluding hydrogens is 330 g/mol. The van der Waals surface area contributed by atoms with Gasteiger partial charge in [-0.05, 0) is 30.3 Å². The van der Waals surface area contributed by atoms with E-state index in [0.717, 1.165) is 30.7 Å². The molecule has 2 aromatic carbocycles. The number of para-hydroxylation sites is 1. The van der Waals surface area contributed by atoms with Crippen LogP contribution in [0.15, 0.2) is 42.5 Å². The zero-order valence-electron chi connectivity index (χ0n) is 12.1. The molecule has 0 atom stereocenters. The average Bonchev–Trinajstić information content (AvgIpc) is 3.15.